The highest BCUT2D eigenvalue weighted by atomic mass is 32.1. The van der Waals surface area contributed by atoms with Crippen molar-refractivity contribution in [2.75, 3.05) is 5.32 Å². The van der Waals surface area contributed by atoms with E-state index in [-0.39, 0.29) is 10.9 Å². The first-order valence-electron chi connectivity index (χ1n) is 8.44. The fourth-order valence-corrected chi connectivity index (χ4v) is 2.77. The minimum Gasteiger partial charge on any atom is -0.451 e. The van der Waals surface area contributed by atoms with E-state index in [1.165, 1.54) is 5.56 Å². The molecule has 2 aromatic heterocycles. The Bertz CT molecular complexity index is 1010. The number of anilines is 1. The molecular weight excluding hydrogens is 360 g/mol. The summed E-state index contributed by atoms with van der Waals surface area (Å²) >= 11 is 5.17. The third-order valence-corrected chi connectivity index (χ3v) is 4.26. The van der Waals surface area contributed by atoms with Crippen LogP contribution in [0, 0.1) is 27.7 Å². The number of hydrogen-bond donors (Lipinski definition) is 2. The van der Waals surface area contributed by atoms with E-state index in [9.17, 15) is 4.79 Å². The maximum atomic E-state index is 12.4. The smallest absolute Gasteiger partial charge is 0.293 e. The van der Waals surface area contributed by atoms with Crippen LogP contribution < -0.4 is 10.6 Å². The van der Waals surface area contributed by atoms with Gasteiger partial charge in [0.15, 0.2) is 10.9 Å². The summed E-state index contributed by atoms with van der Waals surface area (Å²) in [6, 6.07) is 11.3. The average molecular weight is 380 g/mol. The van der Waals surface area contributed by atoms with Gasteiger partial charge < -0.3 is 9.73 Å². The van der Waals surface area contributed by atoms with Crippen LogP contribution in [0.1, 0.15) is 33.1 Å². The standard InChI is InChI=1S/C20H20N4O2S/c1-11-5-6-15(9-12(11)2)16-7-8-17(26-16)18(25)23-20(27)24-19-21-13(3)10-14(4)22-19/h5-10H,1-4H3,(H2,21,22,23,24,25,27). The minimum atomic E-state index is -0.438. The molecule has 0 aliphatic heterocycles. The first-order valence-corrected chi connectivity index (χ1v) is 8.85. The van der Waals surface area contributed by atoms with E-state index in [2.05, 4.69) is 20.6 Å². The van der Waals surface area contributed by atoms with Crippen molar-refractivity contribution in [2.24, 2.45) is 0 Å². The molecule has 0 spiro atoms. The lowest BCUT2D eigenvalue weighted by molar-refractivity contribution is 0.0951. The summed E-state index contributed by atoms with van der Waals surface area (Å²) in [5, 5.41) is 5.49. The number of carbonyl (C=O) groups is 1. The summed E-state index contributed by atoms with van der Waals surface area (Å²) in [5.41, 5.74) is 4.90. The summed E-state index contributed by atoms with van der Waals surface area (Å²) in [6.45, 7) is 7.80. The molecule has 27 heavy (non-hydrogen) atoms. The van der Waals surface area contributed by atoms with Crippen LogP contribution in [0.5, 0.6) is 0 Å². The first kappa shape index (κ1) is 18.7. The van der Waals surface area contributed by atoms with Crippen LogP contribution in [-0.2, 0) is 0 Å². The monoisotopic (exact) mass is 380 g/mol. The number of carbonyl (C=O) groups excluding carboxylic acids is 1. The zero-order valence-corrected chi connectivity index (χ0v) is 16.4. The summed E-state index contributed by atoms with van der Waals surface area (Å²) in [7, 11) is 0. The Morgan fingerprint density at radius 3 is 2.33 bits per heavy atom. The van der Waals surface area contributed by atoms with Crippen LogP contribution in [-0.4, -0.2) is 21.0 Å². The number of aryl methyl sites for hydroxylation is 4. The molecule has 138 valence electrons. The van der Waals surface area contributed by atoms with Gasteiger partial charge in [-0.05, 0) is 75.3 Å². The summed E-state index contributed by atoms with van der Waals surface area (Å²) in [4.78, 5) is 20.8. The van der Waals surface area contributed by atoms with E-state index < -0.39 is 5.91 Å². The lowest BCUT2D eigenvalue weighted by Gasteiger charge is -2.08. The molecule has 1 amide bonds. The second kappa shape index (κ2) is 7.67. The molecule has 0 atom stereocenters. The molecule has 7 heteroatoms. The van der Waals surface area contributed by atoms with E-state index in [1.54, 1.807) is 12.1 Å². The third kappa shape index (κ3) is 4.57. The predicted octanol–water partition coefficient (Wildman–Crippen LogP) is 4.10. The zero-order valence-electron chi connectivity index (χ0n) is 15.6. The Morgan fingerprint density at radius 1 is 0.963 bits per heavy atom. The van der Waals surface area contributed by atoms with Gasteiger partial charge in [-0.15, -0.1) is 0 Å². The molecular formula is C20H20N4O2S. The predicted molar refractivity (Wildman–Crippen MR) is 109 cm³/mol. The van der Waals surface area contributed by atoms with Gasteiger partial charge >= 0.3 is 0 Å². The van der Waals surface area contributed by atoms with Crippen LogP contribution in [0.15, 0.2) is 40.8 Å². The SMILES string of the molecule is Cc1cc(C)nc(NC(=S)NC(=O)c2ccc(-c3ccc(C)c(C)c3)o2)n1. The molecule has 2 heterocycles. The molecule has 0 saturated heterocycles. The summed E-state index contributed by atoms with van der Waals surface area (Å²) < 4.78 is 5.68. The molecule has 0 aliphatic carbocycles. The zero-order chi connectivity index (χ0) is 19.6. The Kier molecular flexibility index (Phi) is 5.32. The van der Waals surface area contributed by atoms with Crippen molar-refractivity contribution in [1.29, 1.82) is 0 Å². The van der Waals surface area contributed by atoms with Crippen molar-refractivity contribution in [1.82, 2.24) is 15.3 Å². The largest absolute Gasteiger partial charge is 0.451 e. The van der Waals surface area contributed by atoms with Crippen molar-refractivity contribution in [2.45, 2.75) is 27.7 Å². The van der Waals surface area contributed by atoms with Gasteiger partial charge in [-0.2, -0.15) is 0 Å². The van der Waals surface area contributed by atoms with Crippen LogP contribution in [0.3, 0.4) is 0 Å². The fraction of sp³-hybridized carbons (Fsp3) is 0.200. The molecule has 0 radical (unpaired) electrons. The molecule has 0 aliphatic rings. The Hall–Kier alpha value is -3.06. The van der Waals surface area contributed by atoms with E-state index in [1.807, 2.05) is 52.0 Å². The number of aromatic nitrogens is 2. The number of nitrogens with zero attached hydrogens (tertiary/aromatic N) is 2. The van der Waals surface area contributed by atoms with E-state index in [4.69, 9.17) is 16.6 Å². The van der Waals surface area contributed by atoms with Gasteiger partial charge in [0.25, 0.3) is 5.91 Å². The number of benzene rings is 1. The van der Waals surface area contributed by atoms with Crippen molar-refractivity contribution >= 4 is 29.2 Å². The highest BCUT2D eigenvalue weighted by Gasteiger charge is 2.14. The van der Waals surface area contributed by atoms with Crippen LogP contribution in [0.25, 0.3) is 11.3 Å². The lowest BCUT2D eigenvalue weighted by atomic mass is 10.1. The number of furan rings is 1. The van der Waals surface area contributed by atoms with E-state index in [0.29, 0.717) is 11.7 Å². The van der Waals surface area contributed by atoms with Crippen LogP contribution in [0.4, 0.5) is 5.95 Å². The Balaban J connectivity index is 1.68. The fourth-order valence-electron chi connectivity index (χ4n) is 2.59. The van der Waals surface area contributed by atoms with Gasteiger partial charge in [0.2, 0.25) is 5.95 Å². The normalized spacial score (nSPS) is 10.5. The van der Waals surface area contributed by atoms with Crippen molar-refractivity contribution in [3.63, 3.8) is 0 Å². The first-order chi connectivity index (χ1) is 12.8. The van der Waals surface area contributed by atoms with Crippen LogP contribution >= 0.6 is 12.2 Å². The second-order valence-corrected chi connectivity index (χ2v) is 6.75. The highest BCUT2D eigenvalue weighted by Crippen LogP contribution is 2.24. The molecule has 3 rings (SSSR count). The number of thiocarbonyl (C=S) groups is 1. The minimum absolute atomic E-state index is 0.106. The van der Waals surface area contributed by atoms with Crippen molar-refractivity contribution in [3.8, 4) is 11.3 Å². The lowest BCUT2D eigenvalue weighted by Crippen LogP contribution is -2.34. The molecule has 3 aromatic rings. The van der Waals surface area contributed by atoms with E-state index in [0.717, 1.165) is 22.5 Å². The molecule has 0 bridgehead atoms. The Labute approximate surface area is 163 Å². The van der Waals surface area contributed by atoms with E-state index >= 15 is 0 Å². The van der Waals surface area contributed by atoms with Gasteiger partial charge in [0, 0.05) is 17.0 Å². The molecule has 0 saturated carbocycles. The summed E-state index contributed by atoms with van der Waals surface area (Å²) in [6.07, 6.45) is 0. The molecule has 1 aromatic carbocycles. The Morgan fingerprint density at radius 2 is 1.67 bits per heavy atom. The topological polar surface area (TPSA) is 80.0 Å². The molecule has 0 fully saturated rings. The average Bonchev–Trinajstić information content (AvgIpc) is 3.06. The van der Waals surface area contributed by atoms with Gasteiger partial charge in [-0.25, -0.2) is 9.97 Å². The van der Waals surface area contributed by atoms with Crippen LogP contribution in [0.2, 0.25) is 0 Å². The molecule has 0 unspecified atom stereocenters. The highest BCUT2D eigenvalue weighted by molar-refractivity contribution is 7.80. The van der Waals surface area contributed by atoms with Gasteiger partial charge in [-0.3, -0.25) is 10.1 Å². The van der Waals surface area contributed by atoms with Gasteiger partial charge in [0.05, 0.1) is 0 Å². The molecule has 6 nitrogen and oxygen atoms in total. The second-order valence-electron chi connectivity index (χ2n) is 6.35. The third-order valence-electron chi connectivity index (χ3n) is 4.06. The number of amides is 1. The maximum Gasteiger partial charge on any atom is 0.293 e. The van der Waals surface area contributed by atoms with Crippen molar-refractivity contribution < 1.29 is 9.21 Å². The van der Waals surface area contributed by atoms with Crippen molar-refractivity contribution in [3.05, 3.63) is 64.7 Å². The number of hydrogen-bond acceptors (Lipinski definition) is 5. The van der Waals surface area contributed by atoms with Gasteiger partial charge in [-0.1, -0.05) is 12.1 Å². The number of nitrogens with one attached hydrogen (secondary N) is 2. The molecule has 2 N–H and O–H groups in total. The van der Waals surface area contributed by atoms with Gasteiger partial charge in [0.1, 0.15) is 5.76 Å². The number of rotatable bonds is 3. The maximum absolute atomic E-state index is 12.4. The summed E-state index contributed by atoms with van der Waals surface area (Å²) in [5.74, 6) is 0.702. The quantitative estimate of drug-likeness (QED) is 0.666.